The standard InChI is InChI=1S/C27H36N4O5S2/c1-36-26(35)21-16-24(19-9-13-31(14-10-19)30-11-3-2-4-12-30)38-25(21)29-27(37)28-17-20(32)7-5-18-6-8-22(33)23(34)15-18/h6,8,15-16,19,33-34H,2-5,7,9-14,17H2,1H3,(H2,28,29,37). The van der Waals surface area contributed by atoms with Crippen LogP contribution >= 0.6 is 23.6 Å². The Morgan fingerprint density at radius 1 is 1.05 bits per heavy atom. The van der Waals surface area contributed by atoms with E-state index < -0.39 is 5.97 Å². The molecule has 2 aliphatic heterocycles. The van der Waals surface area contributed by atoms with Gasteiger partial charge in [-0.2, -0.15) is 0 Å². The number of rotatable bonds is 9. The van der Waals surface area contributed by atoms with E-state index in [-0.39, 0.29) is 35.4 Å². The second kappa shape index (κ2) is 13.4. The molecule has 2 aliphatic rings. The lowest BCUT2D eigenvalue weighted by atomic mass is 9.95. The minimum atomic E-state index is -0.420. The van der Waals surface area contributed by atoms with Crippen molar-refractivity contribution in [3.8, 4) is 11.5 Å². The Morgan fingerprint density at radius 3 is 2.45 bits per heavy atom. The molecule has 0 saturated carbocycles. The lowest BCUT2D eigenvalue weighted by Crippen LogP contribution is -2.48. The number of thiocarbonyl (C=S) groups is 1. The van der Waals surface area contributed by atoms with Crippen LogP contribution in [0.4, 0.5) is 5.00 Å². The maximum Gasteiger partial charge on any atom is 0.340 e. The quantitative estimate of drug-likeness (QED) is 0.204. The number of benzene rings is 1. The molecule has 0 unspecified atom stereocenters. The smallest absolute Gasteiger partial charge is 0.340 e. The predicted octanol–water partition coefficient (Wildman–Crippen LogP) is 4.01. The summed E-state index contributed by atoms with van der Waals surface area (Å²) in [5.41, 5.74) is 1.21. The summed E-state index contributed by atoms with van der Waals surface area (Å²) in [4.78, 5) is 26.0. The van der Waals surface area contributed by atoms with Crippen LogP contribution in [0.2, 0.25) is 0 Å². The number of esters is 1. The number of piperidine rings is 2. The van der Waals surface area contributed by atoms with Gasteiger partial charge in [0.15, 0.2) is 22.4 Å². The Kier molecular flexibility index (Phi) is 9.95. The van der Waals surface area contributed by atoms with E-state index in [9.17, 15) is 19.8 Å². The van der Waals surface area contributed by atoms with Gasteiger partial charge in [-0.1, -0.05) is 12.5 Å². The minimum absolute atomic E-state index is 0.0383. The molecule has 2 fully saturated rings. The fraction of sp³-hybridized carbons (Fsp3) is 0.519. The van der Waals surface area contributed by atoms with Crippen LogP contribution in [-0.2, 0) is 16.0 Å². The second-order valence-corrected chi connectivity index (χ2v) is 11.3. The van der Waals surface area contributed by atoms with Gasteiger partial charge in [0.05, 0.1) is 19.2 Å². The highest BCUT2D eigenvalue weighted by atomic mass is 32.1. The zero-order valence-corrected chi connectivity index (χ0v) is 23.3. The molecule has 0 amide bonds. The topological polar surface area (TPSA) is 114 Å². The molecule has 2 saturated heterocycles. The van der Waals surface area contributed by atoms with Gasteiger partial charge in [0.25, 0.3) is 0 Å². The number of nitrogens with zero attached hydrogens (tertiary/aromatic N) is 2. The molecular weight excluding hydrogens is 524 g/mol. The summed E-state index contributed by atoms with van der Waals surface area (Å²) < 4.78 is 5.01. The molecule has 0 atom stereocenters. The maximum atomic E-state index is 12.5. The third-order valence-electron chi connectivity index (χ3n) is 7.17. The molecule has 4 rings (SSSR count). The summed E-state index contributed by atoms with van der Waals surface area (Å²) in [6.07, 6.45) is 6.62. The van der Waals surface area contributed by atoms with Crippen LogP contribution in [0.3, 0.4) is 0 Å². The number of anilines is 1. The summed E-state index contributed by atoms with van der Waals surface area (Å²) in [7, 11) is 1.36. The summed E-state index contributed by atoms with van der Waals surface area (Å²) in [5, 5.41) is 30.9. The third kappa shape index (κ3) is 7.43. The molecule has 9 nitrogen and oxygen atoms in total. The SMILES string of the molecule is COC(=O)c1cc(C2CCN(N3CCCCC3)CC2)sc1NC(=S)NCC(=O)CCc1ccc(O)c(O)c1. The van der Waals surface area contributed by atoms with Crippen molar-refractivity contribution in [3.05, 3.63) is 40.3 Å². The molecule has 2 aromatic rings. The molecule has 38 heavy (non-hydrogen) atoms. The number of nitrogens with one attached hydrogen (secondary N) is 2. The minimum Gasteiger partial charge on any atom is -0.504 e. The predicted molar refractivity (Wildman–Crippen MR) is 152 cm³/mol. The van der Waals surface area contributed by atoms with Crippen molar-refractivity contribution < 1.29 is 24.5 Å². The number of phenols is 2. The highest BCUT2D eigenvalue weighted by molar-refractivity contribution is 7.80. The first-order chi connectivity index (χ1) is 18.3. The summed E-state index contributed by atoms with van der Waals surface area (Å²) in [6.45, 7) is 4.38. The molecule has 206 valence electrons. The molecular formula is C27H36N4O5S2. The van der Waals surface area contributed by atoms with Gasteiger partial charge in [-0.15, -0.1) is 11.3 Å². The molecule has 1 aromatic carbocycles. The zero-order chi connectivity index (χ0) is 27.1. The van der Waals surface area contributed by atoms with Gasteiger partial charge < -0.3 is 25.6 Å². The molecule has 1 aromatic heterocycles. The highest BCUT2D eigenvalue weighted by Gasteiger charge is 2.28. The van der Waals surface area contributed by atoms with Crippen molar-refractivity contribution in [1.82, 2.24) is 15.3 Å². The summed E-state index contributed by atoms with van der Waals surface area (Å²) in [5.74, 6) is -0.492. The Hall–Kier alpha value is -2.73. The number of methoxy groups -OCH3 is 1. The molecule has 0 spiro atoms. The monoisotopic (exact) mass is 560 g/mol. The van der Waals surface area contributed by atoms with E-state index in [0.717, 1.165) is 49.5 Å². The molecule has 0 radical (unpaired) electrons. The third-order valence-corrected chi connectivity index (χ3v) is 8.63. The van der Waals surface area contributed by atoms with Gasteiger partial charge in [0.2, 0.25) is 0 Å². The van der Waals surface area contributed by atoms with Crippen LogP contribution in [-0.4, -0.2) is 76.9 Å². The zero-order valence-electron chi connectivity index (χ0n) is 21.7. The van der Waals surface area contributed by atoms with Crippen LogP contribution in [0.1, 0.15) is 65.2 Å². The van der Waals surface area contributed by atoms with Gasteiger partial charge in [0, 0.05) is 37.5 Å². The number of Topliss-reactive ketones (excluding diaryl/α,β-unsaturated/α-hetero) is 1. The van der Waals surface area contributed by atoms with Crippen molar-refractivity contribution in [2.24, 2.45) is 0 Å². The number of carbonyl (C=O) groups is 2. The highest BCUT2D eigenvalue weighted by Crippen LogP contribution is 2.38. The van der Waals surface area contributed by atoms with Crippen molar-refractivity contribution in [2.45, 2.75) is 50.9 Å². The molecule has 3 heterocycles. The number of phenolic OH excluding ortho intramolecular Hbond substituents is 2. The van der Waals surface area contributed by atoms with E-state index in [4.69, 9.17) is 17.0 Å². The van der Waals surface area contributed by atoms with Crippen LogP contribution in [0.15, 0.2) is 24.3 Å². The molecule has 4 N–H and O–H groups in total. The maximum absolute atomic E-state index is 12.5. The Labute approximate surface area is 232 Å². The molecule has 0 aliphatic carbocycles. The van der Waals surface area contributed by atoms with Gasteiger partial charge in [-0.05, 0) is 74.0 Å². The summed E-state index contributed by atoms with van der Waals surface area (Å²) in [6, 6.07) is 6.43. The van der Waals surface area contributed by atoms with Crippen LogP contribution in [0.25, 0.3) is 0 Å². The van der Waals surface area contributed by atoms with E-state index >= 15 is 0 Å². The number of hydrogen-bond acceptors (Lipinski definition) is 9. The average Bonchev–Trinajstić information content (AvgIpc) is 3.36. The van der Waals surface area contributed by atoms with Crippen molar-refractivity contribution in [2.75, 3.05) is 45.2 Å². The van der Waals surface area contributed by atoms with E-state index in [1.54, 1.807) is 6.07 Å². The number of ketones is 1. The second-order valence-electron chi connectivity index (χ2n) is 9.79. The summed E-state index contributed by atoms with van der Waals surface area (Å²) >= 11 is 6.93. The van der Waals surface area contributed by atoms with E-state index in [1.165, 1.54) is 49.8 Å². The fourth-order valence-electron chi connectivity index (χ4n) is 4.98. The Morgan fingerprint density at radius 2 is 1.76 bits per heavy atom. The molecule has 11 heteroatoms. The number of thiophene rings is 1. The number of hydrazine groups is 1. The first-order valence-electron chi connectivity index (χ1n) is 13.1. The van der Waals surface area contributed by atoms with E-state index in [1.807, 2.05) is 6.07 Å². The van der Waals surface area contributed by atoms with Crippen molar-refractivity contribution in [3.63, 3.8) is 0 Å². The first-order valence-corrected chi connectivity index (χ1v) is 14.4. The number of ether oxygens (including phenoxy) is 1. The van der Waals surface area contributed by atoms with Gasteiger partial charge in [-0.25, -0.2) is 14.8 Å². The van der Waals surface area contributed by atoms with Crippen LogP contribution < -0.4 is 10.6 Å². The van der Waals surface area contributed by atoms with Crippen LogP contribution in [0, 0.1) is 0 Å². The average molecular weight is 561 g/mol. The largest absolute Gasteiger partial charge is 0.504 e. The Balaban J connectivity index is 1.29. The van der Waals surface area contributed by atoms with Gasteiger partial charge >= 0.3 is 5.97 Å². The number of hydrogen-bond donors (Lipinski definition) is 4. The first kappa shape index (κ1) is 28.3. The van der Waals surface area contributed by atoms with Gasteiger partial charge in [-0.3, -0.25) is 4.79 Å². The number of aryl methyl sites for hydroxylation is 1. The Bertz CT molecular complexity index is 1140. The van der Waals surface area contributed by atoms with E-state index in [0.29, 0.717) is 22.9 Å². The number of carbonyl (C=O) groups excluding carboxylic acids is 2. The van der Waals surface area contributed by atoms with Gasteiger partial charge in [0.1, 0.15) is 5.00 Å². The number of aromatic hydroxyl groups is 2. The van der Waals surface area contributed by atoms with Crippen molar-refractivity contribution in [1.29, 1.82) is 0 Å². The van der Waals surface area contributed by atoms with Crippen LogP contribution in [0.5, 0.6) is 11.5 Å². The van der Waals surface area contributed by atoms with Crippen molar-refractivity contribution >= 4 is 45.4 Å². The lowest BCUT2D eigenvalue weighted by Gasteiger charge is -2.41. The normalized spacial score (nSPS) is 17.2. The molecule has 0 bridgehead atoms. The van der Waals surface area contributed by atoms with E-state index in [2.05, 4.69) is 20.7 Å². The lowest BCUT2D eigenvalue weighted by molar-refractivity contribution is -0.118. The fourth-order valence-corrected chi connectivity index (χ4v) is 6.44.